The summed E-state index contributed by atoms with van der Waals surface area (Å²) in [6, 6.07) is 6.48. The fraction of sp³-hybridized carbons (Fsp3) is 0.600. The van der Waals surface area contributed by atoms with Crippen molar-refractivity contribution in [1.82, 2.24) is 0 Å². The number of nitrogens with zero attached hydrogens (tertiary/aromatic N) is 1. The van der Waals surface area contributed by atoms with Gasteiger partial charge in [-0.25, -0.2) is 0 Å². The highest BCUT2D eigenvalue weighted by Crippen LogP contribution is 2.34. The maximum absolute atomic E-state index is 5.67. The van der Waals surface area contributed by atoms with Crippen molar-refractivity contribution in [2.75, 3.05) is 18.0 Å². The SMILES string of the molecule is CC1(C)CCCN(c2ccc(CN)cc2Br)CC1. The quantitative estimate of drug-likeness (QED) is 0.897. The molecule has 2 nitrogen and oxygen atoms in total. The van der Waals surface area contributed by atoms with Crippen LogP contribution < -0.4 is 10.6 Å². The summed E-state index contributed by atoms with van der Waals surface area (Å²) in [6.07, 6.45) is 3.86. The molecule has 1 fully saturated rings. The molecule has 1 aromatic rings. The summed E-state index contributed by atoms with van der Waals surface area (Å²) < 4.78 is 1.17. The highest BCUT2D eigenvalue weighted by Gasteiger charge is 2.23. The van der Waals surface area contributed by atoms with E-state index in [1.54, 1.807) is 0 Å². The summed E-state index contributed by atoms with van der Waals surface area (Å²) in [4.78, 5) is 2.50. The fourth-order valence-electron chi connectivity index (χ4n) is 2.60. The van der Waals surface area contributed by atoms with Crippen molar-refractivity contribution in [2.24, 2.45) is 11.1 Å². The summed E-state index contributed by atoms with van der Waals surface area (Å²) in [5.74, 6) is 0. The Kier molecular flexibility index (Phi) is 4.33. The largest absolute Gasteiger partial charge is 0.371 e. The molecule has 0 atom stereocenters. The number of halogens is 1. The number of benzene rings is 1. The van der Waals surface area contributed by atoms with Crippen LogP contribution in [-0.4, -0.2) is 13.1 Å². The van der Waals surface area contributed by atoms with Crippen LogP contribution in [-0.2, 0) is 6.54 Å². The average Bonchev–Trinajstić information content (AvgIpc) is 2.50. The van der Waals surface area contributed by atoms with Gasteiger partial charge in [0, 0.05) is 24.1 Å². The maximum atomic E-state index is 5.67. The molecule has 0 unspecified atom stereocenters. The van der Waals surface area contributed by atoms with Crippen LogP contribution in [0.2, 0.25) is 0 Å². The standard InChI is InChI=1S/C15H23BrN2/c1-15(2)6-3-8-18(9-7-15)14-5-4-12(11-17)10-13(14)16/h4-5,10H,3,6-9,11,17H2,1-2H3. The highest BCUT2D eigenvalue weighted by atomic mass is 79.9. The predicted molar refractivity (Wildman–Crippen MR) is 81.9 cm³/mol. The third-order valence-corrected chi connectivity index (χ3v) is 4.56. The van der Waals surface area contributed by atoms with Gasteiger partial charge in [0.15, 0.2) is 0 Å². The van der Waals surface area contributed by atoms with Gasteiger partial charge in [-0.15, -0.1) is 0 Å². The zero-order chi connectivity index (χ0) is 13.2. The van der Waals surface area contributed by atoms with Crippen LogP contribution in [0.1, 0.15) is 38.7 Å². The van der Waals surface area contributed by atoms with Gasteiger partial charge in [0.2, 0.25) is 0 Å². The van der Waals surface area contributed by atoms with Gasteiger partial charge in [0.25, 0.3) is 0 Å². The van der Waals surface area contributed by atoms with Crippen LogP contribution in [0, 0.1) is 5.41 Å². The van der Waals surface area contributed by atoms with Gasteiger partial charge in [-0.05, 0) is 58.3 Å². The highest BCUT2D eigenvalue weighted by molar-refractivity contribution is 9.10. The molecule has 0 spiro atoms. The molecule has 1 aliphatic rings. The molecule has 100 valence electrons. The number of hydrogen-bond donors (Lipinski definition) is 1. The topological polar surface area (TPSA) is 29.3 Å². The van der Waals surface area contributed by atoms with Crippen LogP contribution in [0.4, 0.5) is 5.69 Å². The summed E-state index contributed by atoms with van der Waals surface area (Å²) in [5, 5.41) is 0. The van der Waals surface area contributed by atoms with Gasteiger partial charge in [0.1, 0.15) is 0 Å². The van der Waals surface area contributed by atoms with E-state index in [-0.39, 0.29) is 0 Å². The zero-order valence-electron chi connectivity index (χ0n) is 11.4. The molecule has 1 aliphatic heterocycles. The zero-order valence-corrected chi connectivity index (χ0v) is 13.0. The second-order valence-corrected chi connectivity index (χ2v) is 6.85. The van der Waals surface area contributed by atoms with Crippen molar-refractivity contribution in [3.8, 4) is 0 Å². The van der Waals surface area contributed by atoms with Crippen LogP contribution in [0.15, 0.2) is 22.7 Å². The van der Waals surface area contributed by atoms with Gasteiger partial charge in [-0.3, -0.25) is 0 Å². The van der Waals surface area contributed by atoms with Crippen molar-refractivity contribution >= 4 is 21.6 Å². The molecule has 1 aromatic carbocycles. The van der Waals surface area contributed by atoms with E-state index in [0.29, 0.717) is 12.0 Å². The van der Waals surface area contributed by atoms with E-state index in [2.05, 4.69) is 52.9 Å². The van der Waals surface area contributed by atoms with E-state index in [1.807, 2.05) is 0 Å². The lowest BCUT2D eigenvalue weighted by Crippen LogP contribution is -2.25. The van der Waals surface area contributed by atoms with E-state index < -0.39 is 0 Å². The minimum absolute atomic E-state index is 0.485. The van der Waals surface area contributed by atoms with Gasteiger partial charge < -0.3 is 10.6 Å². The van der Waals surface area contributed by atoms with Gasteiger partial charge in [0.05, 0.1) is 5.69 Å². The first kappa shape index (κ1) is 13.9. The van der Waals surface area contributed by atoms with E-state index >= 15 is 0 Å². The Bertz CT molecular complexity index is 415. The van der Waals surface area contributed by atoms with Gasteiger partial charge in [-0.2, -0.15) is 0 Å². The molecule has 3 heteroatoms. The van der Waals surface area contributed by atoms with Gasteiger partial charge >= 0.3 is 0 Å². The minimum Gasteiger partial charge on any atom is -0.371 e. The molecule has 0 aromatic heterocycles. The van der Waals surface area contributed by atoms with Crippen molar-refractivity contribution in [3.05, 3.63) is 28.2 Å². The molecule has 0 bridgehead atoms. The summed E-state index contributed by atoms with van der Waals surface area (Å²) in [6.45, 7) is 7.66. The Labute approximate surface area is 119 Å². The van der Waals surface area contributed by atoms with E-state index in [9.17, 15) is 0 Å². The first-order valence-corrected chi connectivity index (χ1v) is 7.54. The first-order valence-electron chi connectivity index (χ1n) is 6.75. The molecule has 0 radical (unpaired) electrons. The Hall–Kier alpha value is -0.540. The van der Waals surface area contributed by atoms with E-state index in [0.717, 1.165) is 13.1 Å². The van der Waals surface area contributed by atoms with Crippen molar-refractivity contribution in [3.63, 3.8) is 0 Å². The second kappa shape index (κ2) is 5.62. The summed E-state index contributed by atoms with van der Waals surface area (Å²) in [7, 11) is 0. The maximum Gasteiger partial charge on any atom is 0.0510 e. The molecule has 0 amide bonds. The number of anilines is 1. The lowest BCUT2D eigenvalue weighted by Gasteiger charge is -2.26. The number of nitrogens with two attached hydrogens (primary N) is 1. The fourth-order valence-corrected chi connectivity index (χ4v) is 3.27. The van der Waals surface area contributed by atoms with Crippen molar-refractivity contribution < 1.29 is 0 Å². The number of rotatable bonds is 2. The third-order valence-electron chi connectivity index (χ3n) is 3.93. The van der Waals surface area contributed by atoms with Crippen molar-refractivity contribution in [1.29, 1.82) is 0 Å². The van der Waals surface area contributed by atoms with Crippen LogP contribution >= 0.6 is 15.9 Å². The average molecular weight is 311 g/mol. The normalized spacial score (nSPS) is 19.7. The summed E-state index contributed by atoms with van der Waals surface area (Å²) in [5.41, 5.74) is 8.65. The first-order chi connectivity index (χ1) is 8.52. The Morgan fingerprint density at radius 3 is 2.72 bits per heavy atom. The molecule has 2 rings (SSSR count). The monoisotopic (exact) mass is 310 g/mol. The molecule has 0 aliphatic carbocycles. The molecule has 18 heavy (non-hydrogen) atoms. The Morgan fingerprint density at radius 1 is 1.28 bits per heavy atom. The van der Waals surface area contributed by atoms with Crippen LogP contribution in [0.5, 0.6) is 0 Å². The lowest BCUT2D eigenvalue weighted by molar-refractivity contribution is 0.325. The Balaban J connectivity index is 2.16. The molecule has 1 heterocycles. The predicted octanol–water partition coefficient (Wildman–Crippen LogP) is 3.92. The van der Waals surface area contributed by atoms with Crippen LogP contribution in [0.3, 0.4) is 0 Å². The smallest absolute Gasteiger partial charge is 0.0510 e. The molecular weight excluding hydrogens is 288 g/mol. The summed E-state index contributed by atoms with van der Waals surface area (Å²) >= 11 is 3.68. The lowest BCUT2D eigenvalue weighted by atomic mass is 9.85. The second-order valence-electron chi connectivity index (χ2n) is 5.99. The van der Waals surface area contributed by atoms with Crippen LogP contribution in [0.25, 0.3) is 0 Å². The van der Waals surface area contributed by atoms with Gasteiger partial charge in [-0.1, -0.05) is 19.9 Å². The third kappa shape index (κ3) is 3.27. The molecule has 0 saturated carbocycles. The molecule has 1 saturated heterocycles. The minimum atomic E-state index is 0.485. The van der Waals surface area contributed by atoms with E-state index in [1.165, 1.54) is 35.0 Å². The number of hydrogen-bond acceptors (Lipinski definition) is 2. The molecular formula is C15H23BrN2. The van der Waals surface area contributed by atoms with Crippen molar-refractivity contribution in [2.45, 2.75) is 39.7 Å². The molecule has 2 N–H and O–H groups in total. The van der Waals surface area contributed by atoms with E-state index in [4.69, 9.17) is 5.73 Å². The Morgan fingerprint density at radius 2 is 2.06 bits per heavy atom.